The van der Waals surface area contributed by atoms with Crippen LogP contribution in [0.25, 0.3) is 0 Å². The van der Waals surface area contributed by atoms with Crippen LogP contribution < -0.4 is 10.1 Å². The summed E-state index contributed by atoms with van der Waals surface area (Å²) >= 11 is 12.2. The van der Waals surface area contributed by atoms with Gasteiger partial charge >= 0.3 is 0 Å². The number of hydrogen-bond donors (Lipinski definition) is 2. The first-order valence-electron chi connectivity index (χ1n) is 6.52. The minimum absolute atomic E-state index is 0.283. The molecule has 2 N–H and O–H groups in total. The van der Waals surface area contributed by atoms with Gasteiger partial charge in [-0.1, -0.05) is 36.0 Å². The molecule has 1 aromatic carbocycles. The molecular weight excluding hydrogens is 285 g/mol. The molecule has 0 heterocycles. The Bertz CT molecular complexity index is 445. The zero-order valence-corrected chi connectivity index (χ0v) is 12.5. The molecule has 0 bridgehead atoms. The van der Waals surface area contributed by atoms with Gasteiger partial charge in [0.25, 0.3) is 0 Å². The molecule has 0 saturated heterocycles. The fourth-order valence-electron chi connectivity index (χ4n) is 2.48. The van der Waals surface area contributed by atoms with Crippen LogP contribution in [0.1, 0.15) is 31.2 Å². The van der Waals surface area contributed by atoms with E-state index in [1.54, 1.807) is 6.07 Å². The molecule has 0 amide bonds. The zero-order chi connectivity index (χ0) is 13.9. The highest BCUT2D eigenvalue weighted by molar-refractivity contribution is 6.35. The number of aliphatic hydroxyl groups is 1. The molecule has 0 radical (unpaired) electrons. The second kappa shape index (κ2) is 6.31. The average molecular weight is 304 g/mol. The highest BCUT2D eigenvalue weighted by Crippen LogP contribution is 2.35. The molecule has 3 nitrogen and oxygen atoms in total. The Kier molecular flexibility index (Phi) is 4.96. The lowest BCUT2D eigenvalue weighted by Crippen LogP contribution is -2.32. The lowest BCUT2D eigenvalue weighted by Gasteiger charge is -2.23. The van der Waals surface area contributed by atoms with Gasteiger partial charge in [0, 0.05) is 17.1 Å². The highest BCUT2D eigenvalue weighted by atomic mass is 35.5. The lowest BCUT2D eigenvalue weighted by molar-refractivity contribution is 0.00116. The molecule has 0 spiro atoms. The first-order chi connectivity index (χ1) is 9.04. The first-order valence-corrected chi connectivity index (χ1v) is 7.27. The van der Waals surface area contributed by atoms with Gasteiger partial charge < -0.3 is 15.2 Å². The van der Waals surface area contributed by atoms with Crippen molar-refractivity contribution in [2.75, 3.05) is 13.7 Å². The zero-order valence-electron chi connectivity index (χ0n) is 11.0. The summed E-state index contributed by atoms with van der Waals surface area (Å²) in [5.74, 6) is 0.612. The van der Waals surface area contributed by atoms with Crippen LogP contribution in [-0.2, 0) is 6.54 Å². The van der Waals surface area contributed by atoms with E-state index in [4.69, 9.17) is 27.9 Å². The van der Waals surface area contributed by atoms with Gasteiger partial charge in [0.05, 0.1) is 10.6 Å². The van der Waals surface area contributed by atoms with Gasteiger partial charge in [-0.3, -0.25) is 0 Å². The Morgan fingerprint density at radius 2 is 2.00 bits per heavy atom. The second-order valence-corrected chi connectivity index (χ2v) is 5.97. The summed E-state index contributed by atoms with van der Waals surface area (Å²) in [6.07, 6.45) is 3.69. The molecule has 1 aromatic rings. The summed E-state index contributed by atoms with van der Waals surface area (Å²) in [6, 6.07) is 3.49. The third kappa shape index (κ3) is 3.76. The van der Waals surface area contributed by atoms with Gasteiger partial charge in [0.1, 0.15) is 12.4 Å². The van der Waals surface area contributed by atoms with Crippen LogP contribution in [0.3, 0.4) is 0 Å². The van der Waals surface area contributed by atoms with E-state index < -0.39 is 5.60 Å². The minimum Gasteiger partial charge on any atom is -0.489 e. The van der Waals surface area contributed by atoms with Crippen LogP contribution in [-0.4, -0.2) is 24.4 Å². The number of ether oxygens (including phenoxy) is 1. The van der Waals surface area contributed by atoms with Crippen LogP contribution in [0.15, 0.2) is 12.1 Å². The van der Waals surface area contributed by atoms with E-state index in [1.165, 1.54) is 0 Å². The number of hydrogen-bond acceptors (Lipinski definition) is 3. The van der Waals surface area contributed by atoms with Gasteiger partial charge in [0.15, 0.2) is 0 Å². The lowest BCUT2D eigenvalue weighted by atomic mass is 10.0. The number of halogens is 2. The topological polar surface area (TPSA) is 41.5 Å². The van der Waals surface area contributed by atoms with E-state index in [2.05, 4.69) is 5.32 Å². The summed E-state index contributed by atoms with van der Waals surface area (Å²) in [4.78, 5) is 0. The molecule has 2 rings (SSSR count). The van der Waals surface area contributed by atoms with Crippen molar-refractivity contribution in [3.8, 4) is 5.75 Å². The smallest absolute Gasteiger partial charge is 0.142 e. The molecule has 19 heavy (non-hydrogen) atoms. The third-order valence-corrected chi connectivity index (χ3v) is 3.97. The molecule has 1 aliphatic carbocycles. The van der Waals surface area contributed by atoms with E-state index in [0.717, 1.165) is 31.2 Å². The van der Waals surface area contributed by atoms with Crippen molar-refractivity contribution in [1.29, 1.82) is 0 Å². The minimum atomic E-state index is -0.708. The van der Waals surface area contributed by atoms with Gasteiger partial charge in [0.2, 0.25) is 0 Å². The maximum atomic E-state index is 10.3. The molecular formula is C14H19Cl2NO2. The van der Waals surface area contributed by atoms with Gasteiger partial charge in [-0.25, -0.2) is 0 Å². The van der Waals surface area contributed by atoms with Gasteiger partial charge in [-0.05, 0) is 32.0 Å². The van der Waals surface area contributed by atoms with Crippen molar-refractivity contribution in [2.45, 2.75) is 37.8 Å². The molecule has 1 saturated carbocycles. The average Bonchev–Trinajstić information content (AvgIpc) is 2.75. The van der Waals surface area contributed by atoms with E-state index in [0.29, 0.717) is 22.3 Å². The Labute approximate surface area is 123 Å². The number of rotatable bonds is 5. The van der Waals surface area contributed by atoms with Crippen LogP contribution in [0.2, 0.25) is 10.0 Å². The van der Waals surface area contributed by atoms with E-state index in [-0.39, 0.29) is 6.61 Å². The summed E-state index contributed by atoms with van der Waals surface area (Å²) in [6.45, 7) is 0.902. The Morgan fingerprint density at radius 1 is 1.32 bits per heavy atom. The van der Waals surface area contributed by atoms with Crippen molar-refractivity contribution >= 4 is 23.2 Å². The third-order valence-electron chi connectivity index (χ3n) is 3.47. The van der Waals surface area contributed by atoms with Crippen molar-refractivity contribution in [3.63, 3.8) is 0 Å². The SMILES string of the molecule is CNCc1cc(Cl)cc(Cl)c1OCC1(O)CCCC1. The van der Waals surface area contributed by atoms with Crippen molar-refractivity contribution in [2.24, 2.45) is 0 Å². The second-order valence-electron chi connectivity index (χ2n) is 5.13. The Hall–Kier alpha value is -0.480. The molecule has 0 aliphatic heterocycles. The maximum absolute atomic E-state index is 10.3. The number of benzene rings is 1. The summed E-state index contributed by atoms with van der Waals surface area (Å²) < 4.78 is 5.78. The fraction of sp³-hybridized carbons (Fsp3) is 0.571. The Balaban J connectivity index is 2.14. The Morgan fingerprint density at radius 3 is 2.63 bits per heavy atom. The summed E-state index contributed by atoms with van der Waals surface area (Å²) in [7, 11) is 1.85. The molecule has 1 aliphatic rings. The van der Waals surface area contributed by atoms with E-state index in [9.17, 15) is 5.11 Å². The van der Waals surface area contributed by atoms with E-state index >= 15 is 0 Å². The highest BCUT2D eigenvalue weighted by Gasteiger charge is 2.32. The van der Waals surface area contributed by atoms with E-state index in [1.807, 2.05) is 13.1 Å². The quantitative estimate of drug-likeness (QED) is 0.876. The van der Waals surface area contributed by atoms with Crippen LogP contribution in [0.5, 0.6) is 5.75 Å². The van der Waals surface area contributed by atoms with Gasteiger partial charge in [-0.15, -0.1) is 0 Å². The largest absolute Gasteiger partial charge is 0.489 e. The van der Waals surface area contributed by atoms with Crippen molar-refractivity contribution < 1.29 is 9.84 Å². The van der Waals surface area contributed by atoms with Crippen molar-refractivity contribution in [1.82, 2.24) is 5.32 Å². The molecule has 0 unspecified atom stereocenters. The normalized spacial score (nSPS) is 17.7. The number of nitrogens with one attached hydrogen (secondary N) is 1. The molecule has 5 heteroatoms. The predicted octanol–water partition coefficient (Wildman–Crippen LogP) is 3.40. The maximum Gasteiger partial charge on any atom is 0.142 e. The summed E-state index contributed by atoms with van der Waals surface area (Å²) in [5.41, 5.74) is 0.196. The van der Waals surface area contributed by atoms with Crippen LogP contribution >= 0.6 is 23.2 Å². The van der Waals surface area contributed by atoms with Crippen LogP contribution in [0.4, 0.5) is 0 Å². The monoisotopic (exact) mass is 303 g/mol. The molecule has 0 aromatic heterocycles. The standard InChI is InChI=1S/C14H19Cl2NO2/c1-17-8-10-6-11(15)7-12(16)13(10)19-9-14(18)4-2-3-5-14/h6-7,17-18H,2-5,8-9H2,1H3. The van der Waals surface area contributed by atoms with Gasteiger partial charge in [-0.2, -0.15) is 0 Å². The predicted molar refractivity (Wildman–Crippen MR) is 78.1 cm³/mol. The molecule has 0 atom stereocenters. The summed E-state index contributed by atoms with van der Waals surface area (Å²) in [5, 5.41) is 14.4. The van der Waals surface area contributed by atoms with Crippen LogP contribution in [0, 0.1) is 0 Å². The molecule has 106 valence electrons. The first kappa shape index (κ1) is 14.9. The van der Waals surface area contributed by atoms with Crippen molar-refractivity contribution in [3.05, 3.63) is 27.7 Å². The fourth-order valence-corrected chi connectivity index (χ4v) is 3.07. The molecule has 1 fully saturated rings.